The summed E-state index contributed by atoms with van der Waals surface area (Å²) < 4.78 is 0. The van der Waals surface area contributed by atoms with Gasteiger partial charge in [0, 0.05) is 18.1 Å². The molecule has 0 aliphatic heterocycles. The van der Waals surface area contributed by atoms with Gasteiger partial charge in [-0.2, -0.15) is 0 Å². The van der Waals surface area contributed by atoms with Crippen molar-refractivity contribution in [1.29, 1.82) is 0 Å². The molecule has 17 heavy (non-hydrogen) atoms. The Morgan fingerprint density at radius 2 is 2.18 bits per heavy atom. The van der Waals surface area contributed by atoms with Gasteiger partial charge in [0.2, 0.25) is 5.91 Å². The molecular weight excluding hydrogens is 236 g/mol. The first-order valence-corrected chi connectivity index (χ1v) is 5.86. The maximum Gasteiger partial charge on any atom is 0.238 e. The Labute approximate surface area is 105 Å². The van der Waals surface area contributed by atoms with Gasteiger partial charge in [-0.05, 0) is 18.6 Å². The average Bonchev–Trinajstić information content (AvgIpc) is 2.35. The Hall–Kier alpha value is -1.61. The van der Waals surface area contributed by atoms with Crippen LogP contribution in [-0.2, 0) is 11.3 Å². The van der Waals surface area contributed by atoms with Gasteiger partial charge in [0.15, 0.2) is 0 Å². The molecule has 0 aliphatic carbocycles. The van der Waals surface area contributed by atoms with Crippen molar-refractivity contribution in [3.05, 3.63) is 42.1 Å². The van der Waals surface area contributed by atoms with Crippen LogP contribution in [0.4, 0.5) is 0 Å². The lowest BCUT2D eigenvalue weighted by atomic mass is 10.1. The highest BCUT2D eigenvalue weighted by molar-refractivity contribution is 6.30. The summed E-state index contributed by atoms with van der Waals surface area (Å²) in [7, 11) is 0. The number of fused-ring (bicyclic) bond motifs is 1. The van der Waals surface area contributed by atoms with Crippen molar-refractivity contribution in [3.63, 3.8) is 0 Å². The van der Waals surface area contributed by atoms with E-state index in [4.69, 9.17) is 11.6 Å². The summed E-state index contributed by atoms with van der Waals surface area (Å²) in [5.74, 6) is -0.167. The molecule has 0 aliphatic rings. The Kier molecular flexibility index (Phi) is 3.59. The van der Waals surface area contributed by atoms with Crippen molar-refractivity contribution >= 4 is 28.4 Å². The highest BCUT2D eigenvalue weighted by atomic mass is 35.5. The maximum absolute atomic E-state index is 11.4. The van der Waals surface area contributed by atoms with Gasteiger partial charge in [-0.1, -0.05) is 24.3 Å². The van der Waals surface area contributed by atoms with Crippen molar-refractivity contribution in [2.24, 2.45) is 0 Å². The molecule has 3 nitrogen and oxygen atoms in total. The number of benzene rings is 1. The molecule has 0 saturated heterocycles. The van der Waals surface area contributed by atoms with E-state index in [2.05, 4.69) is 10.3 Å². The third-order valence-electron chi connectivity index (χ3n) is 2.53. The van der Waals surface area contributed by atoms with Crippen molar-refractivity contribution in [2.45, 2.75) is 18.8 Å². The Balaban J connectivity index is 2.21. The molecule has 2 aromatic rings. The van der Waals surface area contributed by atoms with Crippen LogP contribution in [0.25, 0.3) is 10.9 Å². The normalized spacial score (nSPS) is 12.4. The largest absolute Gasteiger partial charge is 0.351 e. The molecule has 0 fully saturated rings. The van der Waals surface area contributed by atoms with Crippen LogP contribution in [-0.4, -0.2) is 16.3 Å². The van der Waals surface area contributed by atoms with E-state index in [1.54, 1.807) is 13.1 Å². The zero-order chi connectivity index (χ0) is 12.3. The SMILES string of the molecule is CC(Cl)C(=O)NCc1cccc2cccnc12. The molecule has 4 heteroatoms. The second kappa shape index (κ2) is 5.15. The van der Waals surface area contributed by atoms with Crippen LogP contribution in [0, 0.1) is 0 Å². The number of rotatable bonds is 3. The molecule has 0 spiro atoms. The van der Waals surface area contributed by atoms with Crippen molar-refractivity contribution in [2.75, 3.05) is 0 Å². The summed E-state index contributed by atoms with van der Waals surface area (Å²) in [6.07, 6.45) is 1.75. The third kappa shape index (κ3) is 2.74. The smallest absolute Gasteiger partial charge is 0.238 e. The standard InChI is InChI=1S/C13H13ClN2O/c1-9(14)13(17)16-8-11-5-2-4-10-6-3-7-15-12(10)11/h2-7,9H,8H2,1H3,(H,16,17). The summed E-state index contributed by atoms with van der Waals surface area (Å²) in [6, 6.07) is 9.80. The van der Waals surface area contributed by atoms with Crippen LogP contribution in [0.15, 0.2) is 36.5 Å². The summed E-state index contributed by atoms with van der Waals surface area (Å²) >= 11 is 5.69. The first-order chi connectivity index (χ1) is 8.18. The molecule has 0 bridgehead atoms. The molecule has 88 valence electrons. The van der Waals surface area contributed by atoms with Gasteiger partial charge in [-0.25, -0.2) is 0 Å². The fraction of sp³-hybridized carbons (Fsp3) is 0.231. The van der Waals surface area contributed by atoms with E-state index in [9.17, 15) is 4.79 Å². The number of carbonyl (C=O) groups is 1. The number of aromatic nitrogens is 1. The topological polar surface area (TPSA) is 42.0 Å². The molecule has 1 aromatic carbocycles. The minimum Gasteiger partial charge on any atom is -0.351 e. The van der Waals surface area contributed by atoms with E-state index < -0.39 is 5.38 Å². The fourth-order valence-corrected chi connectivity index (χ4v) is 1.71. The van der Waals surface area contributed by atoms with Gasteiger partial charge in [-0.15, -0.1) is 11.6 Å². The monoisotopic (exact) mass is 248 g/mol. The van der Waals surface area contributed by atoms with E-state index in [0.717, 1.165) is 16.5 Å². The molecule has 1 heterocycles. The van der Waals surface area contributed by atoms with Gasteiger partial charge in [0.25, 0.3) is 0 Å². The van der Waals surface area contributed by atoms with Crippen molar-refractivity contribution in [3.8, 4) is 0 Å². The number of pyridine rings is 1. The number of alkyl halides is 1. The molecule has 0 radical (unpaired) electrons. The minimum atomic E-state index is -0.516. The lowest BCUT2D eigenvalue weighted by Gasteiger charge is -2.08. The minimum absolute atomic E-state index is 0.167. The molecule has 1 unspecified atom stereocenters. The van der Waals surface area contributed by atoms with E-state index in [0.29, 0.717) is 6.54 Å². The summed E-state index contributed by atoms with van der Waals surface area (Å²) in [4.78, 5) is 15.7. The fourth-order valence-electron chi connectivity index (χ4n) is 1.63. The van der Waals surface area contributed by atoms with Gasteiger partial charge in [0.1, 0.15) is 5.38 Å². The first kappa shape index (κ1) is 11.9. The quantitative estimate of drug-likeness (QED) is 0.848. The van der Waals surface area contributed by atoms with Crippen LogP contribution in [0.5, 0.6) is 0 Å². The summed E-state index contributed by atoms with van der Waals surface area (Å²) in [6.45, 7) is 2.10. The second-order valence-corrected chi connectivity index (χ2v) is 4.48. The van der Waals surface area contributed by atoms with Gasteiger partial charge in [-0.3, -0.25) is 9.78 Å². The van der Waals surface area contributed by atoms with Gasteiger partial charge in [0.05, 0.1) is 5.52 Å². The van der Waals surface area contributed by atoms with E-state index in [1.165, 1.54) is 0 Å². The Bertz CT molecular complexity index is 534. The summed E-state index contributed by atoms with van der Waals surface area (Å²) in [5, 5.41) is 3.33. The van der Waals surface area contributed by atoms with E-state index in [1.807, 2.05) is 30.3 Å². The molecule has 1 amide bonds. The molecule has 1 atom stereocenters. The molecule has 0 saturated carbocycles. The van der Waals surface area contributed by atoms with Crippen LogP contribution < -0.4 is 5.32 Å². The maximum atomic E-state index is 11.4. The predicted octanol–water partition coefficient (Wildman–Crippen LogP) is 2.48. The van der Waals surface area contributed by atoms with E-state index >= 15 is 0 Å². The average molecular weight is 249 g/mol. The van der Waals surface area contributed by atoms with Crippen LogP contribution in [0.3, 0.4) is 0 Å². The van der Waals surface area contributed by atoms with Crippen LogP contribution >= 0.6 is 11.6 Å². The van der Waals surface area contributed by atoms with Crippen LogP contribution in [0.2, 0.25) is 0 Å². The number of amides is 1. The van der Waals surface area contributed by atoms with Gasteiger partial charge >= 0.3 is 0 Å². The lowest BCUT2D eigenvalue weighted by Crippen LogP contribution is -2.29. The second-order valence-electron chi connectivity index (χ2n) is 3.83. The highest BCUT2D eigenvalue weighted by Gasteiger charge is 2.09. The Morgan fingerprint density at radius 1 is 1.41 bits per heavy atom. The van der Waals surface area contributed by atoms with Gasteiger partial charge < -0.3 is 5.32 Å². The zero-order valence-electron chi connectivity index (χ0n) is 9.48. The highest BCUT2D eigenvalue weighted by Crippen LogP contribution is 2.15. The van der Waals surface area contributed by atoms with Crippen molar-refractivity contribution in [1.82, 2.24) is 10.3 Å². The number of carbonyl (C=O) groups excluding carboxylic acids is 1. The number of hydrogen-bond donors (Lipinski definition) is 1. The molecule has 1 aromatic heterocycles. The number of hydrogen-bond acceptors (Lipinski definition) is 2. The third-order valence-corrected chi connectivity index (χ3v) is 2.73. The Morgan fingerprint density at radius 3 is 2.94 bits per heavy atom. The van der Waals surface area contributed by atoms with E-state index in [-0.39, 0.29) is 5.91 Å². The molecule has 1 N–H and O–H groups in total. The number of halogens is 1. The predicted molar refractivity (Wildman–Crippen MR) is 68.9 cm³/mol. The summed E-state index contributed by atoms with van der Waals surface area (Å²) in [5.41, 5.74) is 1.91. The number of nitrogens with zero attached hydrogens (tertiary/aromatic N) is 1. The lowest BCUT2D eigenvalue weighted by molar-refractivity contribution is -0.120. The molecule has 2 rings (SSSR count). The zero-order valence-corrected chi connectivity index (χ0v) is 10.2. The number of para-hydroxylation sites is 1. The van der Waals surface area contributed by atoms with Crippen LogP contribution in [0.1, 0.15) is 12.5 Å². The molecular formula is C13H13ClN2O. The first-order valence-electron chi connectivity index (χ1n) is 5.43. The van der Waals surface area contributed by atoms with Crippen molar-refractivity contribution < 1.29 is 4.79 Å². The number of nitrogens with one attached hydrogen (secondary N) is 1.